The SMILES string of the molecule is C/C=C/C[C@@H](C(=O)OCC)[C@H]1CCCCN1[C@@H](C)c1ccccc1. The maximum absolute atomic E-state index is 12.6. The predicted molar refractivity (Wildman–Crippen MR) is 98.8 cm³/mol. The Labute approximate surface area is 146 Å². The number of likely N-dealkylation sites (tertiary alicyclic amines) is 1. The van der Waals surface area contributed by atoms with Gasteiger partial charge in [-0.2, -0.15) is 0 Å². The second-order valence-electron chi connectivity index (χ2n) is 6.55. The fourth-order valence-corrected chi connectivity index (χ4v) is 3.76. The lowest BCUT2D eigenvalue weighted by molar-refractivity contribution is -0.151. The molecule has 0 radical (unpaired) electrons. The summed E-state index contributed by atoms with van der Waals surface area (Å²) in [4.78, 5) is 15.1. The summed E-state index contributed by atoms with van der Waals surface area (Å²) in [5, 5.41) is 0. The molecule has 0 amide bonds. The Hall–Kier alpha value is -1.61. The molecule has 1 heterocycles. The number of nitrogens with zero attached hydrogens (tertiary/aromatic N) is 1. The van der Waals surface area contributed by atoms with Crippen LogP contribution in [0.25, 0.3) is 0 Å². The number of carbonyl (C=O) groups is 1. The summed E-state index contributed by atoms with van der Waals surface area (Å²) in [6, 6.07) is 11.2. The number of piperidine rings is 1. The number of hydrogen-bond donors (Lipinski definition) is 0. The Morgan fingerprint density at radius 3 is 2.75 bits per heavy atom. The third kappa shape index (κ3) is 4.70. The molecule has 24 heavy (non-hydrogen) atoms. The Morgan fingerprint density at radius 1 is 1.33 bits per heavy atom. The molecule has 0 saturated carbocycles. The van der Waals surface area contributed by atoms with Crippen LogP contribution in [0.5, 0.6) is 0 Å². The van der Waals surface area contributed by atoms with E-state index < -0.39 is 0 Å². The van der Waals surface area contributed by atoms with E-state index in [1.165, 1.54) is 18.4 Å². The van der Waals surface area contributed by atoms with E-state index in [0.717, 1.165) is 19.4 Å². The van der Waals surface area contributed by atoms with E-state index in [2.05, 4.69) is 48.2 Å². The van der Waals surface area contributed by atoms with Crippen molar-refractivity contribution in [1.29, 1.82) is 0 Å². The van der Waals surface area contributed by atoms with Gasteiger partial charge < -0.3 is 4.74 Å². The zero-order valence-electron chi connectivity index (χ0n) is 15.3. The van der Waals surface area contributed by atoms with Gasteiger partial charge in [-0.1, -0.05) is 48.9 Å². The molecule has 0 aromatic heterocycles. The molecule has 2 rings (SSSR count). The second-order valence-corrected chi connectivity index (χ2v) is 6.55. The summed E-state index contributed by atoms with van der Waals surface area (Å²) in [6.45, 7) is 7.65. The Morgan fingerprint density at radius 2 is 2.08 bits per heavy atom. The highest BCUT2D eigenvalue weighted by molar-refractivity contribution is 5.73. The monoisotopic (exact) mass is 329 g/mol. The summed E-state index contributed by atoms with van der Waals surface area (Å²) in [5.41, 5.74) is 1.32. The number of allylic oxidation sites excluding steroid dienone is 2. The fourth-order valence-electron chi connectivity index (χ4n) is 3.76. The standard InChI is InChI=1S/C21H31NO2/c1-4-6-14-19(21(23)24-5-2)20-15-10-11-16-22(20)17(3)18-12-8-7-9-13-18/h4,6-9,12-13,17,19-20H,5,10-11,14-16H2,1-3H3/b6-4+/t17-,19+,20+/m0/s1. The Bertz CT molecular complexity index is 526. The maximum Gasteiger partial charge on any atom is 0.310 e. The number of benzene rings is 1. The first-order valence-corrected chi connectivity index (χ1v) is 9.27. The highest BCUT2D eigenvalue weighted by Crippen LogP contribution is 2.33. The van der Waals surface area contributed by atoms with Crippen molar-refractivity contribution in [3.8, 4) is 0 Å². The van der Waals surface area contributed by atoms with Crippen molar-refractivity contribution in [2.45, 2.75) is 58.5 Å². The topological polar surface area (TPSA) is 29.5 Å². The van der Waals surface area contributed by atoms with Crippen LogP contribution in [-0.2, 0) is 9.53 Å². The summed E-state index contributed by atoms with van der Waals surface area (Å²) in [7, 11) is 0. The molecule has 3 atom stereocenters. The molecule has 0 spiro atoms. The lowest BCUT2D eigenvalue weighted by Crippen LogP contribution is -2.48. The molecule has 3 heteroatoms. The van der Waals surface area contributed by atoms with Crippen LogP contribution in [0.1, 0.15) is 58.1 Å². The minimum Gasteiger partial charge on any atom is -0.466 e. The van der Waals surface area contributed by atoms with E-state index in [4.69, 9.17) is 4.74 Å². The molecule has 0 N–H and O–H groups in total. The molecule has 3 nitrogen and oxygen atoms in total. The van der Waals surface area contributed by atoms with Gasteiger partial charge in [0, 0.05) is 12.1 Å². The summed E-state index contributed by atoms with van der Waals surface area (Å²) < 4.78 is 5.39. The van der Waals surface area contributed by atoms with Gasteiger partial charge in [-0.05, 0) is 52.1 Å². The van der Waals surface area contributed by atoms with Crippen molar-refractivity contribution in [1.82, 2.24) is 4.90 Å². The molecule has 1 aliphatic rings. The van der Waals surface area contributed by atoms with Gasteiger partial charge in [0.05, 0.1) is 12.5 Å². The van der Waals surface area contributed by atoms with Crippen LogP contribution in [0.3, 0.4) is 0 Å². The van der Waals surface area contributed by atoms with E-state index in [1.54, 1.807) is 0 Å². The maximum atomic E-state index is 12.6. The van der Waals surface area contributed by atoms with E-state index in [1.807, 2.05) is 19.9 Å². The number of hydrogen-bond acceptors (Lipinski definition) is 3. The van der Waals surface area contributed by atoms with Gasteiger partial charge in [-0.15, -0.1) is 0 Å². The van der Waals surface area contributed by atoms with E-state index in [0.29, 0.717) is 12.6 Å². The predicted octanol–water partition coefficient (Wildman–Crippen LogP) is 4.75. The third-order valence-electron chi connectivity index (χ3n) is 5.05. The molecular formula is C21H31NO2. The largest absolute Gasteiger partial charge is 0.466 e. The van der Waals surface area contributed by atoms with Crippen LogP contribution in [0.2, 0.25) is 0 Å². The smallest absolute Gasteiger partial charge is 0.310 e. The molecule has 1 aromatic carbocycles. The third-order valence-corrected chi connectivity index (χ3v) is 5.05. The second kappa shape index (κ2) is 9.63. The van der Waals surface area contributed by atoms with Crippen LogP contribution in [-0.4, -0.2) is 30.1 Å². The van der Waals surface area contributed by atoms with Crippen LogP contribution in [0, 0.1) is 5.92 Å². The van der Waals surface area contributed by atoms with Gasteiger partial charge in [0.25, 0.3) is 0 Å². The van der Waals surface area contributed by atoms with Gasteiger partial charge in [0.1, 0.15) is 0 Å². The van der Waals surface area contributed by atoms with Crippen LogP contribution < -0.4 is 0 Å². The van der Waals surface area contributed by atoms with Crippen molar-refractivity contribution < 1.29 is 9.53 Å². The molecule has 1 aromatic rings. The number of carbonyl (C=O) groups excluding carboxylic acids is 1. The molecule has 1 fully saturated rings. The highest BCUT2D eigenvalue weighted by Gasteiger charge is 2.36. The van der Waals surface area contributed by atoms with Crippen molar-refractivity contribution in [3.63, 3.8) is 0 Å². The Kier molecular flexibility index (Phi) is 7.51. The quantitative estimate of drug-likeness (QED) is 0.534. The molecule has 0 aliphatic carbocycles. The lowest BCUT2D eigenvalue weighted by atomic mass is 9.86. The zero-order chi connectivity index (χ0) is 17.4. The number of ether oxygens (including phenoxy) is 1. The Balaban J connectivity index is 2.22. The van der Waals surface area contributed by atoms with E-state index in [9.17, 15) is 4.79 Å². The average molecular weight is 329 g/mol. The molecule has 0 unspecified atom stereocenters. The average Bonchev–Trinajstić information content (AvgIpc) is 2.63. The van der Waals surface area contributed by atoms with Crippen molar-refractivity contribution in [2.75, 3.05) is 13.2 Å². The van der Waals surface area contributed by atoms with Crippen LogP contribution in [0.4, 0.5) is 0 Å². The van der Waals surface area contributed by atoms with E-state index in [-0.39, 0.29) is 17.9 Å². The number of rotatable bonds is 7. The molecular weight excluding hydrogens is 298 g/mol. The highest BCUT2D eigenvalue weighted by atomic mass is 16.5. The first-order valence-electron chi connectivity index (χ1n) is 9.27. The summed E-state index contributed by atoms with van der Waals surface area (Å²) in [6.07, 6.45) is 8.35. The summed E-state index contributed by atoms with van der Waals surface area (Å²) in [5.74, 6) is -0.125. The van der Waals surface area contributed by atoms with Gasteiger partial charge in [-0.25, -0.2) is 0 Å². The van der Waals surface area contributed by atoms with Gasteiger partial charge >= 0.3 is 5.97 Å². The molecule has 132 valence electrons. The first kappa shape index (κ1) is 18.7. The van der Waals surface area contributed by atoms with Gasteiger partial charge in [0.15, 0.2) is 0 Å². The minimum atomic E-state index is -0.0763. The van der Waals surface area contributed by atoms with Crippen molar-refractivity contribution >= 4 is 5.97 Å². The zero-order valence-corrected chi connectivity index (χ0v) is 15.3. The van der Waals surface area contributed by atoms with Crippen LogP contribution >= 0.6 is 0 Å². The normalized spacial score (nSPS) is 21.5. The van der Waals surface area contributed by atoms with Gasteiger partial charge in [-0.3, -0.25) is 9.69 Å². The van der Waals surface area contributed by atoms with Gasteiger partial charge in [0.2, 0.25) is 0 Å². The van der Waals surface area contributed by atoms with E-state index >= 15 is 0 Å². The fraction of sp³-hybridized carbons (Fsp3) is 0.571. The molecule has 1 saturated heterocycles. The minimum absolute atomic E-state index is 0.0484. The lowest BCUT2D eigenvalue weighted by Gasteiger charge is -2.43. The molecule has 1 aliphatic heterocycles. The number of esters is 1. The molecule has 0 bridgehead atoms. The first-order chi connectivity index (χ1) is 11.7. The van der Waals surface area contributed by atoms with Crippen molar-refractivity contribution in [2.24, 2.45) is 5.92 Å². The summed E-state index contributed by atoms with van der Waals surface area (Å²) >= 11 is 0. The van der Waals surface area contributed by atoms with Crippen LogP contribution in [0.15, 0.2) is 42.5 Å². The van der Waals surface area contributed by atoms with Crippen molar-refractivity contribution in [3.05, 3.63) is 48.0 Å².